The fourth-order valence-corrected chi connectivity index (χ4v) is 3.04. The van der Waals surface area contributed by atoms with Crippen LogP contribution in [0.25, 0.3) is 16.7 Å². The maximum Gasteiger partial charge on any atom is 0.205 e. The first-order valence-electron chi connectivity index (χ1n) is 6.11. The molecular weight excluding hydrogens is 310 g/mol. The molecule has 0 radical (unpaired) electrons. The van der Waals surface area contributed by atoms with Gasteiger partial charge in [0.05, 0.1) is 15.4 Å². The van der Waals surface area contributed by atoms with Crippen LogP contribution in [-0.4, -0.2) is 24.2 Å². The van der Waals surface area contributed by atoms with E-state index in [-0.39, 0.29) is 4.90 Å². The lowest BCUT2D eigenvalue weighted by Crippen LogP contribution is -2.02. The lowest BCUT2D eigenvalue weighted by atomic mass is 10.3. The van der Waals surface area contributed by atoms with Gasteiger partial charge in [0.15, 0.2) is 9.84 Å². The number of benzene rings is 2. The average Bonchev–Trinajstić information content (AvgIpc) is 2.76. The van der Waals surface area contributed by atoms with Crippen LogP contribution in [0, 0.1) is 0 Å². The van der Waals surface area contributed by atoms with Gasteiger partial charge in [-0.05, 0) is 36.4 Å². The summed E-state index contributed by atoms with van der Waals surface area (Å²) in [7, 11) is -3.22. The van der Waals surface area contributed by atoms with E-state index in [0.717, 1.165) is 11.2 Å². The number of nitrogen functional groups attached to an aromatic ring is 1. The van der Waals surface area contributed by atoms with Crippen LogP contribution in [0.15, 0.2) is 47.4 Å². The number of rotatable bonds is 2. The number of aromatic nitrogens is 2. The highest BCUT2D eigenvalue weighted by molar-refractivity contribution is 7.90. The number of fused-ring (bicyclic) bond motifs is 1. The summed E-state index contributed by atoms with van der Waals surface area (Å²) in [5.74, 6) is 0.296. The first kappa shape index (κ1) is 13.9. The van der Waals surface area contributed by atoms with E-state index in [1.165, 1.54) is 6.26 Å². The highest BCUT2D eigenvalue weighted by atomic mass is 35.5. The molecule has 0 aliphatic rings. The molecule has 0 amide bonds. The Morgan fingerprint density at radius 1 is 1.14 bits per heavy atom. The van der Waals surface area contributed by atoms with Crippen LogP contribution in [0.3, 0.4) is 0 Å². The summed E-state index contributed by atoms with van der Waals surface area (Å²) in [6.45, 7) is 0. The number of sulfone groups is 1. The second-order valence-electron chi connectivity index (χ2n) is 4.68. The zero-order chi connectivity index (χ0) is 15.2. The molecule has 1 heterocycles. The van der Waals surface area contributed by atoms with Crippen molar-refractivity contribution in [1.82, 2.24) is 9.55 Å². The number of halogens is 1. The molecule has 3 rings (SSSR count). The average molecular weight is 322 g/mol. The van der Waals surface area contributed by atoms with Crippen LogP contribution in [0.5, 0.6) is 0 Å². The highest BCUT2D eigenvalue weighted by Gasteiger charge is 2.13. The summed E-state index contributed by atoms with van der Waals surface area (Å²) in [6.07, 6.45) is 1.17. The lowest BCUT2D eigenvalue weighted by molar-refractivity contribution is 0.602. The number of anilines is 1. The molecule has 0 saturated carbocycles. The van der Waals surface area contributed by atoms with Gasteiger partial charge in [0.2, 0.25) is 5.95 Å². The van der Waals surface area contributed by atoms with Crippen molar-refractivity contribution in [3.8, 4) is 5.69 Å². The Hall–Kier alpha value is -2.05. The zero-order valence-electron chi connectivity index (χ0n) is 11.1. The van der Waals surface area contributed by atoms with Crippen LogP contribution >= 0.6 is 11.6 Å². The van der Waals surface area contributed by atoms with E-state index in [0.29, 0.717) is 16.5 Å². The van der Waals surface area contributed by atoms with Gasteiger partial charge in [-0.25, -0.2) is 13.4 Å². The fourth-order valence-electron chi connectivity index (χ4n) is 2.20. The molecule has 0 aliphatic heterocycles. The van der Waals surface area contributed by atoms with E-state index in [4.69, 9.17) is 17.3 Å². The van der Waals surface area contributed by atoms with E-state index in [1.54, 1.807) is 34.9 Å². The third kappa shape index (κ3) is 2.36. The van der Waals surface area contributed by atoms with E-state index in [1.807, 2.05) is 12.1 Å². The lowest BCUT2D eigenvalue weighted by Gasteiger charge is -2.07. The molecule has 1 aromatic heterocycles. The summed E-state index contributed by atoms with van der Waals surface area (Å²) < 4.78 is 24.7. The van der Waals surface area contributed by atoms with Crippen LogP contribution in [0.4, 0.5) is 5.95 Å². The largest absolute Gasteiger partial charge is 0.369 e. The molecule has 0 aliphatic carbocycles. The second-order valence-corrected chi connectivity index (χ2v) is 7.10. The smallest absolute Gasteiger partial charge is 0.205 e. The minimum Gasteiger partial charge on any atom is -0.369 e. The van der Waals surface area contributed by atoms with Gasteiger partial charge in [0.1, 0.15) is 5.52 Å². The standard InChI is InChI=1S/C14H12ClN3O2S/c1-21(19,20)10-7-5-9(6-8-10)18-12-4-2-3-11(15)13(12)17-14(18)16/h2-8H,1H3,(H2,16,17). The molecule has 3 aromatic rings. The number of imidazole rings is 1. The molecule has 0 spiro atoms. The van der Waals surface area contributed by atoms with Gasteiger partial charge in [-0.15, -0.1) is 0 Å². The molecule has 5 nitrogen and oxygen atoms in total. The zero-order valence-corrected chi connectivity index (χ0v) is 12.7. The van der Waals surface area contributed by atoms with Gasteiger partial charge in [-0.2, -0.15) is 0 Å². The van der Waals surface area contributed by atoms with Crippen molar-refractivity contribution in [1.29, 1.82) is 0 Å². The fraction of sp³-hybridized carbons (Fsp3) is 0.0714. The predicted octanol–water partition coefficient (Wildman–Crippen LogP) is 2.66. The Morgan fingerprint density at radius 2 is 1.81 bits per heavy atom. The third-order valence-corrected chi connectivity index (χ3v) is 4.62. The van der Waals surface area contributed by atoms with Crippen molar-refractivity contribution in [3.63, 3.8) is 0 Å². The van der Waals surface area contributed by atoms with Crippen molar-refractivity contribution < 1.29 is 8.42 Å². The minimum absolute atomic E-state index is 0.257. The van der Waals surface area contributed by atoms with Crippen LogP contribution in [0.1, 0.15) is 0 Å². The van der Waals surface area contributed by atoms with Crippen LogP contribution in [0.2, 0.25) is 5.02 Å². The molecular formula is C14H12ClN3O2S. The topological polar surface area (TPSA) is 78.0 Å². The summed E-state index contributed by atoms with van der Waals surface area (Å²) in [6, 6.07) is 11.9. The van der Waals surface area contributed by atoms with Crippen molar-refractivity contribution in [2.75, 3.05) is 12.0 Å². The Balaban J connectivity index is 2.21. The SMILES string of the molecule is CS(=O)(=O)c1ccc(-n2c(N)nc3c(Cl)cccc32)cc1. The van der Waals surface area contributed by atoms with E-state index in [2.05, 4.69) is 4.98 Å². The maximum atomic E-state index is 11.5. The molecule has 7 heteroatoms. The van der Waals surface area contributed by atoms with E-state index in [9.17, 15) is 8.42 Å². The predicted molar refractivity (Wildman–Crippen MR) is 83.6 cm³/mol. The van der Waals surface area contributed by atoms with E-state index >= 15 is 0 Å². The first-order valence-corrected chi connectivity index (χ1v) is 8.38. The van der Waals surface area contributed by atoms with Gasteiger partial charge in [0, 0.05) is 11.9 Å². The van der Waals surface area contributed by atoms with Gasteiger partial charge >= 0.3 is 0 Å². The maximum absolute atomic E-state index is 11.5. The van der Waals surface area contributed by atoms with Crippen LogP contribution < -0.4 is 5.73 Å². The molecule has 108 valence electrons. The molecule has 0 unspecified atom stereocenters. The Labute approximate surface area is 126 Å². The minimum atomic E-state index is -3.22. The van der Waals surface area contributed by atoms with Gasteiger partial charge in [0.25, 0.3) is 0 Å². The summed E-state index contributed by atoms with van der Waals surface area (Å²) in [4.78, 5) is 4.51. The first-order chi connectivity index (χ1) is 9.88. The number of nitrogens with zero attached hydrogens (tertiary/aromatic N) is 2. The normalized spacial score (nSPS) is 11.9. The Kier molecular flexibility index (Phi) is 3.15. The number of hydrogen-bond donors (Lipinski definition) is 1. The quantitative estimate of drug-likeness (QED) is 0.787. The number of para-hydroxylation sites is 1. The molecule has 0 saturated heterocycles. The Morgan fingerprint density at radius 3 is 2.43 bits per heavy atom. The monoisotopic (exact) mass is 321 g/mol. The van der Waals surface area contributed by atoms with Crippen molar-refractivity contribution in [3.05, 3.63) is 47.5 Å². The molecule has 0 bridgehead atoms. The van der Waals surface area contributed by atoms with Crippen molar-refractivity contribution >= 4 is 38.4 Å². The molecule has 2 N–H and O–H groups in total. The molecule has 21 heavy (non-hydrogen) atoms. The summed E-state index contributed by atoms with van der Waals surface area (Å²) in [5, 5.41) is 0.519. The van der Waals surface area contributed by atoms with Gasteiger partial charge in [-0.3, -0.25) is 4.57 Å². The molecule has 2 aromatic carbocycles. The van der Waals surface area contributed by atoms with Crippen molar-refractivity contribution in [2.45, 2.75) is 4.90 Å². The number of nitrogens with two attached hydrogens (primary N) is 1. The summed E-state index contributed by atoms with van der Waals surface area (Å²) in [5.41, 5.74) is 8.06. The molecule has 0 fully saturated rings. The second kappa shape index (κ2) is 4.75. The van der Waals surface area contributed by atoms with Gasteiger partial charge < -0.3 is 5.73 Å². The van der Waals surface area contributed by atoms with E-state index < -0.39 is 9.84 Å². The third-order valence-electron chi connectivity index (χ3n) is 3.18. The summed E-state index contributed by atoms with van der Waals surface area (Å²) >= 11 is 6.10. The van der Waals surface area contributed by atoms with Crippen molar-refractivity contribution in [2.24, 2.45) is 0 Å². The molecule has 0 atom stereocenters. The van der Waals surface area contributed by atoms with Gasteiger partial charge in [-0.1, -0.05) is 17.7 Å². The highest BCUT2D eigenvalue weighted by Crippen LogP contribution is 2.28. The van der Waals surface area contributed by atoms with Crippen LogP contribution in [-0.2, 0) is 9.84 Å². The number of hydrogen-bond acceptors (Lipinski definition) is 4. The Bertz CT molecular complexity index is 931.